The van der Waals surface area contributed by atoms with Crippen molar-refractivity contribution in [3.05, 3.63) is 36.0 Å². The Labute approximate surface area is 422 Å². The van der Waals surface area contributed by atoms with Crippen LogP contribution >= 0.6 is 0 Å². The largest absolute Gasteiger partial charge is 0.394 e. The summed E-state index contributed by atoms with van der Waals surface area (Å²) in [4.78, 5) is 13.3. The fraction of sp³-hybridized carbons (Fsp3) is 0.881. The second kappa shape index (κ2) is 38.9. The summed E-state index contributed by atoms with van der Waals surface area (Å²) in [6.45, 7) is 7.78. The summed E-state index contributed by atoms with van der Waals surface area (Å²) in [5.41, 5.74) is 1.01. The molecule has 3 aliphatic rings. The van der Waals surface area contributed by atoms with Crippen molar-refractivity contribution in [1.82, 2.24) is 5.32 Å². The topological polar surface area (TPSA) is 158 Å². The van der Waals surface area contributed by atoms with Gasteiger partial charge in [-0.25, -0.2) is 0 Å². The van der Waals surface area contributed by atoms with E-state index < -0.39 is 61.5 Å². The molecule has 1 heterocycles. The number of amides is 1. The fourth-order valence-electron chi connectivity index (χ4n) is 10.4. The Bertz CT molecular complexity index is 1350. The van der Waals surface area contributed by atoms with E-state index >= 15 is 0 Å². The highest BCUT2D eigenvalue weighted by Gasteiger charge is 2.46. The van der Waals surface area contributed by atoms with Crippen LogP contribution in [0.15, 0.2) is 36.0 Å². The zero-order valence-electron chi connectivity index (χ0n) is 44.6. The van der Waals surface area contributed by atoms with Gasteiger partial charge >= 0.3 is 0 Å². The van der Waals surface area contributed by atoms with Gasteiger partial charge in [-0.15, -0.1) is 0 Å². The van der Waals surface area contributed by atoms with Crippen LogP contribution in [0, 0.1) is 23.7 Å². The zero-order chi connectivity index (χ0) is 49.9. The van der Waals surface area contributed by atoms with E-state index in [4.69, 9.17) is 14.2 Å². The second-order valence-electron chi connectivity index (χ2n) is 21.9. The Morgan fingerprint density at radius 3 is 1.57 bits per heavy atom. The lowest BCUT2D eigenvalue weighted by molar-refractivity contribution is -0.308. The fourth-order valence-corrected chi connectivity index (χ4v) is 10.4. The van der Waals surface area contributed by atoms with Crippen LogP contribution < -0.4 is 5.32 Å². The molecule has 0 aromatic heterocycles. The predicted octanol–water partition coefficient (Wildman–Crippen LogP) is 12.5. The number of nitrogens with one attached hydrogen (secondary N) is 1. The molecule has 12 atom stereocenters. The number of unbranched alkanes of at least 4 members (excludes halogenated alkanes) is 19. The Hall–Kier alpha value is -1.63. The zero-order valence-corrected chi connectivity index (χ0v) is 44.6. The van der Waals surface area contributed by atoms with Crippen LogP contribution in [0.4, 0.5) is 0 Å². The number of rotatable bonds is 45. The van der Waals surface area contributed by atoms with E-state index in [-0.39, 0.29) is 19.6 Å². The number of allylic oxidation sites excluding steroid dienone is 5. The first-order valence-corrected chi connectivity index (χ1v) is 29.0. The molecule has 0 bridgehead atoms. The molecule has 1 aliphatic heterocycles. The smallest absolute Gasteiger partial charge is 0.249 e. The van der Waals surface area contributed by atoms with Gasteiger partial charge in [0, 0.05) is 0 Å². The number of hydrogen-bond acceptors (Lipinski definition) is 9. The van der Waals surface area contributed by atoms with Crippen LogP contribution in [0.2, 0.25) is 0 Å². The van der Waals surface area contributed by atoms with Crippen LogP contribution in [-0.2, 0) is 19.0 Å². The van der Waals surface area contributed by atoms with Crippen molar-refractivity contribution in [2.24, 2.45) is 23.7 Å². The maximum atomic E-state index is 13.3. The molecule has 0 radical (unpaired) electrons. The summed E-state index contributed by atoms with van der Waals surface area (Å²) in [5, 5.41) is 57.0. The molecule has 1 amide bonds. The third-order valence-electron chi connectivity index (χ3n) is 15.3. The maximum absolute atomic E-state index is 13.3. The highest BCUT2D eigenvalue weighted by atomic mass is 16.7. The lowest BCUT2D eigenvalue weighted by Crippen LogP contribution is -2.61. The molecule has 0 spiro atoms. The van der Waals surface area contributed by atoms with E-state index in [0.29, 0.717) is 19.3 Å². The Balaban J connectivity index is 1.36. The summed E-state index contributed by atoms with van der Waals surface area (Å²) in [6.07, 6.45) is 42.4. The quantitative estimate of drug-likeness (QED) is 0.0258. The highest BCUT2D eigenvalue weighted by molar-refractivity contribution is 5.80. The minimum atomic E-state index is -1.40. The average Bonchev–Trinajstić information content (AvgIpc) is 4.27. The van der Waals surface area contributed by atoms with Crippen LogP contribution in [0.1, 0.15) is 240 Å². The lowest BCUT2D eigenvalue weighted by atomic mass is 9.99. The van der Waals surface area contributed by atoms with E-state index in [1.165, 1.54) is 161 Å². The third-order valence-corrected chi connectivity index (χ3v) is 15.3. The maximum Gasteiger partial charge on any atom is 0.249 e. The van der Waals surface area contributed by atoms with Gasteiger partial charge in [-0.3, -0.25) is 4.79 Å². The van der Waals surface area contributed by atoms with Gasteiger partial charge in [-0.2, -0.15) is 0 Å². The van der Waals surface area contributed by atoms with E-state index in [2.05, 4.69) is 37.4 Å². The molecule has 0 aromatic carbocycles. The van der Waals surface area contributed by atoms with E-state index in [0.717, 1.165) is 54.9 Å². The van der Waals surface area contributed by atoms with E-state index in [1.807, 2.05) is 26.0 Å². The van der Waals surface area contributed by atoms with E-state index in [9.17, 15) is 30.3 Å². The minimum Gasteiger partial charge on any atom is -0.394 e. The van der Waals surface area contributed by atoms with Crippen molar-refractivity contribution in [2.45, 2.75) is 289 Å². The first-order chi connectivity index (χ1) is 33.6. The molecule has 10 nitrogen and oxygen atoms in total. The predicted molar refractivity (Wildman–Crippen MR) is 283 cm³/mol. The molecular formula is C59H107NO9. The Morgan fingerprint density at radius 1 is 0.609 bits per heavy atom. The number of aliphatic hydroxyl groups is 5. The van der Waals surface area contributed by atoms with Crippen molar-refractivity contribution in [3.63, 3.8) is 0 Å². The van der Waals surface area contributed by atoms with E-state index in [1.54, 1.807) is 0 Å². The molecule has 0 aromatic rings. The molecular weight excluding hydrogens is 867 g/mol. The molecule has 2 aliphatic carbocycles. The Kier molecular flexibility index (Phi) is 34.8. The number of aliphatic hydroxyl groups excluding tert-OH is 5. The molecule has 2 saturated carbocycles. The van der Waals surface area contributed by atoms with Gasteiger partial charge in [0.1, 0.15) is 30.5 Å². The van der Waals surface area contributed by atoms with Crippen molar-refractivity contribution < 1.29 is 44.5 Å². The van der Waals surface area contributed by atoms with Gasteiger partial charge < -0.3 is 45.1 Å². The molecule has 1 saturated heterocycles. The van der Waals surface area contributed by atoms with Gasteiger partial charge in [0.05, 0.1) is 32.0 Å². The van der Waals surface area contributed by atoms with Crippen LogP contribution in [0.3, 0.4) is 0 Å². The van der Waals surface area contributed by atoms with Gasteiger partial charge in [0.25, 0.3) is 0 Å². The normalized spacial score (nSPS) is 25.8. The van der Waals surface area contributed by atoms with Gasteiger partial charge in [-0.05, 0) is 108 Å². The van der Waals surface area contributed by atoms with Gasteiger partial charge in [0.2, 0.25) is 5.91 Å². The number of carbonyl (C=O) groups excluding carboxylic acids is 1. The first kappa shape index (κ1) is 61.7. The molecule has 0 unspecified atom stereocenters. The molecule has 10 heteroatoms. The summed E-state index contributed by atoms with van der Waals surface area (Å²) in [7, 11) is 0. The summed E-state index contributed by atoms with van der Waals surface area (Å²) in [5.74, 6) is 3.23. The second-order valence-corrected chi connectivity index (χ2v) is 21.9. The third kappa shape index (κ3) is 28.4. The number of hydrogen-bond donors (Lipinski definition) is 6. The molecule has 69 heavy (non-hydrogen) atoms. The monoisotopic (exact) mass is 974 g/mol. The van der Waals surface area contributed by atoms with Crippen LogP contribution in [-0.4, -0.2) is 100 Å². The highest BCUT2D eigenvalue weighted by Crippen LogP contribution is 2.46. The number of ether oxygens (including phenoxy) is 3. The van der Waals surface area contributed by atoms with Crippen molar-refractivity contribution >= 4 is 5.91 Å². The van der Waals surface area contributed by atoms with Crippen molar-refractivity contribution in [3.8, 4) is 0 Å². The van der Waals surface area contributed by atoms with Gasteiger partial charge in [-0.1, -0.05) is 191 Å². The average molecular weight is 975 g/mol. The molecule has 402 valence electrons. The summed E-state index contributed by atoms with van der Waals surface area (Å²) in [6, 6.07) is -0.903. The van der Waals surface area contributed by atoms with Crippen LogP contribution in [0.25, 0.3) is 0 Å². The molecule has 3 rings (SSSR count). The standard InChI is InChI=1S/C59H107NO9/c1-5-7-9-11-13-16-22-28-34-47-42-49(47)36-30-24-18-15-19-26-32-38-52(62)51(45-68-59-56(65)57(67-41-40-46(3)4)55(64)54(44-61)69-59)60-58(66)53(63)39-33-27-21-20-25-31-37-50-43-48(50)35-29-23-17-14-12-10-8-6-2/h15,19,21,27,40,47-57,59,61-65H,5-14,16-18,20,22-26,28-39,41-45H2,1-4H3,(H,60,66)/b19-15-,27-21-/t47-,48-,49+,50+,51-,52+,53+,54+,55-,56+,57-,59+/m0/s1. The minimum absolute atomic E-state index is 0.144. The molecule has 6 N–H and O–H groups in total. The summed E-state index contributed by atoms with van der Waals surface area (Å²) < 4.78 is 17.5. The van der Waals surface area contributed by atoms with Gasteiger partial charge in [0.15, 0.2) is 6.29 Å². The number of carbonyl (C=O) groups is 1. The van der Waals surface area contributed by atoms with Crippen molar-refractivity contribution in [2.75, 3.05) is 19.8 Å². The Morgan fingerprint density at radius 2 is 1.07 bits per heavy atom. The summed E-state index contributed by atoms with van der Waals surface area (Å²) >= 11 is 0. The SMILES string of the molecule is CCCCCCCCCC[C@H]1C[C@H]1CCCC/C=C\CCC[C@@H](O)[C@H](CO[C@@H]1O[C@H](CO)[C@H](O)[C@H](OCC=C(C)C)[C@H]1O)NC(=O)[C@H](O)CC/C=C\CCCC[C@@H]1C[C@@H]1CCCCCCCCCC. The van der Waals surface area contributed by atoms with Crippen LogP contribution in [0.5, 0.6) is 0 Å². The lowest BCUT2D eigenvalue weighted by Gasteiger charge is -2.42. The first-order valence-electron chi connectivity index (χ1n) is 29.0. The molecule has 3 fully saturated rings. The van der Waals surface area contributed by atoms with Crippen molar-refractivity contribution in [1.29, 1.82) is 0 Å².